The molecule has 2 fully saturated rings. The number of hydrogen-bond donors (Lipinski definition) is 1. The van der Waals surface area contributed by atoms with Crippen molar-refractivity contribution in [1.82, 2.24) is 10.2 Å². The Bertz CT molecular complexity index is 755. The molecule has 1 aliphatic heterocycles. The van der Waals surface area contributed by atoms with Gasteiger partial charge in [0.25, 0.3) is 5.91 Å². The van der Waals surface area contributed by atoms with Gasteiger partial charge < -0.3 is 24.4 Å². The summed E-state index contributed by atoms with van der Waals surface area (Å²) < 4.78 is 16.5. The third kappa shape index (κ3) is 7.81. The lowest BCUT2D eigenvalue weighted by atomic mass is 9.85. The zero-order valence-corrected chi connectivity index (χ0v) is 18.5. The Morgan fingerprint density at radius 2 is 1.88 bits per heavy atom. The lowest BCUT2D eigenvalue weighted by Crippen LogP contribution is -2.48. The maximum atomic E-state index is 13.0. The first-order chi connectivity index (χ1) is 15.7. The minimum Gasteiger partial charge on any atom is -0.436 e. The number of hydrogen-bond acceptors (Lipinski definition) is 6. The van der Waals surface area contributed by atoms with E-state index in [4.69, 9.17) is 14.2 Å². The molecule has 1 heterocycles. The van der Waals surface area contributed by atoms with E-state index in [0.717, 1.165) is 31.2 Å². The van der Waals surface area contributed by atoms with Crippen molar-refractivity contribution in [3.8, 4) is 6.07 Å². The van der Waals surface area contributed by atoms with Crippen LogP contribution in [-0.2, 0) is 25.6 Å². The van der Waals surface area contributed by atoms with Gasteiger partial charge in [0.15, 0.2) is 6.10 Å². The van der Waals surface area contributed by atoms with Gasteiger partial charge in [0, 0.05) is 13.1 Å². The van der Waals surface area contributed by atoms with Gasteiger partial charge >= 0.3 is 6.09 Å². The highest BCUT2D eigenvalue weighted by Gasteiger charge is 2.31. The van der Waals surface area contributed by atoms with Crippen LogP contribution in [0.5, 0.6) is 0 Å². The minimum atomic E-state index is -0.918. The quantitative estimate of drug-likeness (QED) is 0.630. The van der Waals surface area contributed by atoms with Crippen molar-refractivity contribution in [3.05, 3.63) is 35.9 Å². The molecular formula is C24H33N3O5. The summed E-state index contributed by atoms with van der Waals surface area (Å²) in [6, 6.07) is 10.9. The maximum absolute atomic E-state index is 13.0. The molecule has 2 amide bonds. The number of rotatable bonds is 9. The number of nitrogens with zero attached hydrogens (tertiary/aromatic N) is 2. The van der Waals surface area contributed by atoms with E-state index in [0.29, 0.717) is 45.2 Å². The van der Waals surface area contributed by atoms with Crippen molar-refractivity contribution in [2.24, 2.45) is 5.92 Å². The van der Waals surface area contributed by atoms with Crippen LogP contribution in [0.15, 0.2) is 30.3 Å². The Balaban J connectivity index is 1.55. The first-order valence-corrected chi connectivity index (χ1v) is 11.5. The Morgan fingerprint density at radius 3 is 2.56 bits per heavy atom. The molecule has 2 atom stereocenters. The smallest absolute Gasteiger partial charge is 0.410 e. The summed E-state index contributed by atoms with van der Waals surface area (Å²) in [5.41, 5.74) is 0.991. The SMILES string of the molecule is N#C[C@H](COCc1ccccc1)NC(=O)[C@H](CC1CCCCC1)OC(=O)N1CCOCC1. The molecule has 0 spiro atoms. The molecule has 1 aromatic carbocycles. The number of carbonyl (C=O) groups excluding carboxylic acids is 2. The third-order valence-corrected chi connectivity index (χ3v) is 5.95. The number of benzene rings is 1. The second-order valence-corrected chi connectivity index (χ2v) is 8.40. The van der Waals surface area contributed by atoms with Crippen LogP contribution >= 0.6 is 0 Å². The lowest BCUT2D eigenvalue weighted by molar-refractivity contribution is -0.132. The Kier molecular flexibility index (Phi) is 9.79. The second kappa shape index (κ2) is 13.0. The molecule has 0 aromatic heterocycles. The van der Waals surface area contributed by atoms with E-state index in [2.05, 4.69) is 11.4 Å². The van der Waals surface area contributed by atoms with Crippen LogP contribution in [-0.4, -0.2) is 62.0 Å². The number of amides is 2. The molecule has 1 N–H and O–H groups in total. The largest absolute Gasteiger partial charge is 0.436 e. The number of nitrogens with one attached hydrogen (secondary N) is 1. The second-order valence-electron chi connectivity index (χ2n) is 8.40. The van der Waals surface area contributed by atoms with Gasteiger partial charge in [-0.3, -0.25) is 4.79 Å². The molecule has 8 heteroatoms. The monoisotopic (exact) mass is 443 g/mol. The molecule has 1 saturated heterocycles. The summed E-state index contributed by atoms with van der Waals surface area (Å²) in [5.74, 6) is -0.0982. The van der Waals surface area contributed by atoms with Crippen molar-refractivity contribution >= 4 is 12.0 Å². The molecule has 32 heavy (non-hydrogen) atoms. The standard InChI is InChI=1S/C24H33N3O5/c25-16-21(18-31-17-20-9-5-2-6-10-20)26-23(28)22(15-19-7-3-1-4-8-19)32-24(29)27-11-13-30-14-12-27/h2,5-6,9-10,19,21-22H,1,3-4,7-8,11-15,17-18H2,(H,26,28)/t21-,22+/m1/s1. The van der Waals surface area contributed by atoms with E-state index in [1.807, 2.05) is 30.3 Å². The van der Waals surface area contributed by atoms with Gasteiger partial charge in [0.2, 0.25) is 0 Å². The van der Waals surface area contributed by atoms with Crippen LogP contribution in [0.4, 0.5) is 4.79 Å². The lowest BCUT2D eigenvalue weighted by Gasteiger charge is -2.30. The number of carbonyl (C=O) groups is 2. The summed E-state index contributed by atoms with van der Waals surface area (Å²) in [7, 11) is 0. The van der Waals surface area contributed by atoms with E-state index >= 15 is 0 Å². The zero-order valence-electron chi connectivity index (χ0n) is 18.5. The molecule has 0 bridgehead atoms. The fourth-order valence-corrected chi connectivity index (χ4v) is 4.12. The molecule has 1 aromatic rings. The van der Waals surface area contributed by atoms with Gasteiger partial charge in [0.05, 0.1) is 32.5 Å². The van der Waals surface area contributed by atoms with Crippen molar-refractivity contribution in [3.63, 3.8) is 0 Å². The molecule has 1 saturated carbocycles. The average Bonchev–Trinajstić information content (AvgIpc) is 2.84. The predicted molar refractivity (Wildman–Crippen MR) is 117 cm³/mol. The van der Waals surface area contributed by atoms with Crippen molar-refractivity contribution in [1.29, 1.82) is 5.26 Å². The van der Waals surface area contributed by atoms with Crippen molar-refractivity contribution < 1.29 is 23.8 Å². The number of morpholine rings is 1. The van der Waals surface area contributed by atoms with Gasteiger partial charge in [-0.2, -0.15) is 5.26 Å². The minimum absolute atomic E-state index is 0.0602. The number of nitriles is 1. The normalized spacial score (nSPS) is 18.9. The Morgan fingerprint density at radius 1 is 1.16 bits per heavy atom. The highest BCUT2D eigenvalue weighted by Crippen LogP contribution is 2.28. The van der Waals surface area contributed by atoms with Crippen LogP contribution in [0, 0.1) is 17.2 Å². The fourth-order valence-electron chi connectivity index (χ4n) is 4.12. The van der Waals surface area contributed by atoms with E-state index in [9.17, 15) is 14.9 Å². The van der Waals surface area contributed by atoms with Crippen LogP contribution in [0.25, 0.3) is 0 Å². The van der Waals surface area contributed by atoms with E-state index in [1.165, 1.54) is 6.42 Å². The van der Waals surface area contributed by atoms with Crippen molar-refractivity contribution in [2.75, 3.05) is 32.9 Å². The molecule has 1 aliphatic carbocycles. The van der Waals surface area contributed by atoms with Crippen LogP contribution in [0.3, 0.4) is 0 Å². The van der Waals surface area contributed by atoms with Gasteiger partial charge in [-0.25, -0.2) is 4.79 Å². The van der Waals surface area contributed by atoms with Gasteiger partial charge in [-0.05, 0) is 17.9 Å². The topological polar surface area (TPSA) is 101 Å². The molecule has 3 rings (SSSR count). The van der Waals surface area contributed by atoms with Crippen LogP contribution in [0.2, 0.25) is 0 Å². The maximum Gasteiger partial charge on any atom is 0.410 e. The summed E-state index contributed by atoms with van der Waals surface area (Å²) in [4.78, 5) is 27.2. The van der Waals surface area contributed by atoms with Crippen LogP contribution in [0.1, 0.15) is 44.1 Å². The molecule has 0 radical (unpaired) electrons. The van der Waals surface area contributed by atoms with Gasteiger partial charge in [-0.1, -0.05) is 62.4 Å². The molecule has 2 aliphatic rings. The average molecular weight is 444 g/mol. The first-order valence-electron chi connectivity index (χ1n) is 11.5. The third-order valence-electron chi connectivity index (χ3n) is 5.95. The van der Waals surface area contributed by atoms with Crippen LogP contribution < -0.4 is 5.32 Å². The molecule has 8 nitrogen and oxygen atoms in total. The summed E-state index contributed by atoms with van der Waals surface area (Å²) in [5, 5.41) is 12.2. The summed E-state index contributed by atoms with van der Waals surface area (Å²) in [6.07, 6.45) is 4.58. The zero-order chi connectivity index (χ0) is 22.6. The van der Waals surface area contributed by atoms with E-state index in [1.54, 1.807) is 4.90 Å². The van der Waals surface area contributed by atoms with E-state index < -0.39 is 24.1 Å². The highest BCUT2D eigenvalue weighted by molar-refractivity contribution is 5.84. The Labute approximate surface area is 189 Å². The molecule has 174 valence electrons. The summed E-state index contributed by atoms with van der Waals surface area (Å²) in [6.45, 7) is 2.24. The summed E-state index contributed by atoms with van der Waals surface area (Å²) >= 11 is 0. The molecule has 0 unspecified atom stereocenters. The van der Waals surface area contributed by atoms with Crippen molar-refractivity contribution in [2.45, 2.75) is 57.3 Å². The fraction of sp³-hybridized carbons (Fsp3) is 0.625. The Hall–Kier alpha value is -2.63. The first kappa shape index (κ1) is 24.0. The van der Waals surface area contributed by atoms with Gasteiger partial charge in [0.1, 0.15) is 6.04 Å². The molecular weight excluding hydrogens is 410 g/mol. The predicted octanol–water partition coefficient (Wildman–Crippen LogP) is 3.02. The highest BCUT2D eigenvalue weighted by atomic mass is 16.6. The number of ether oxygens (including phenoxy) is 3. The van der Waals surface area contributed by atoms with E-state index in [-0.39, 0.29) is 6.61 Å². The van der Waals surface area contributed by atoms with Gasteiger partial charge in [-0.15, -0.1) is 0 Å².